The number of nitrogens with zero attached hydrogens (tertiary/aromatic N) is 2. The SMILES string of the molecule is Nc1cn(-c2ccc(F)cc2)nc1-c1ccc(Br)o1. The molecule has 0 saturated heterocycles. The van der Waals surface area contributed by atoms with E-state index in [-0.39, 0.29) is 5.82 Å². The molecule has 0 aliphatic rings. The lowest BCUT2D eigenvalue weighted by Crippen LogP contribution is -1.94. The number of hydrogen-bond acceptors (Lipinski definition) is 3. The topological polar surface area (TPSA) is 57.0 Å². The van der Waals surface area contributed by atoms with Gasteiger partial charge in [-0.05, 0) is 52.3 Å². The molecule has 0 bridgehead atoms. The van der Waals surface area contributed by atoms with Gasteiger partial charge >= 0.3 is 0 Å². The van der Waals surface area contributed by atoms with Crippen molar-refractivity contribution in [2.75, 3.05) is 5.73 Å². The number of nitrogen functional groups attached to an aromatic ring is 1. The van der Waals surface area contributed by atoms with Crippen molar-refractivity contribution in [2.24, 2.45) is 0 Å². The first kappa shape index (κ1) is 12.0. The molecule has 1 aromatic carbocycles. The van der Waals surface area contributed by atoms with Crippen LogP contribution in [0.5, 0.6) is 0 Å². The summed E-state index contributed by atoms with van der Waals surface area (Å²) < 4.78 is 20.5. The van der Waals surface area contributed by atoms with Gasteiger partial charge in [0.1, 0.15) is 5.82 Å². The van der Waals surface area contributed by atoms with Gasteiger partial charge < -0.3 is 10.2 Å². The van der Waals surface area contributed by atoms with Crippen molar-refractivity contribution in [3.8, 4) is 17.1 Å². The molecular formula is C13H9BrFN3O. The summed E-state index contributed by atoms with van der Waals surface area (Å²) in [5.41, 5.74) is 7.69. The molecule has 3 rings (SSSR count). The van der Waals surface area contributed by atoms with Crippen molar-refractivity contribution in [1.82, 2.24) is 9.78 Å². The monoisotopic (exact) mass is 321 g/mol. The van der Waals surface area contributed by atoms with Crippen LogP contribution in [0.1, 0.15) is 0 Å². The molecule has 0 amide bonds. The van der Waals surface area contributed by atoms with Gasteiger partial charge in [-0.1, -0.05) is 0 Å². The van der Waals surface area contributed by atoms with Crippen LogP contribution in [0.25, 0.3) is 17.1 Å². The minimum Gasteiger partial charge on any atom is -0.448 e. The minimum absolute atomic E-state index is 0.293. The summed E-state index contributed by atoms with van der Waals surface area (Å²) >= 11 is 3.23. The molecule has 3 aromatic rings. The van der Waals surface area contributed by atoms with Gasteiger partial charge in [0, 0.05) is 0 Å². The van der Waals surface area contributed by atoms with Gasteiger partial charge in [0.25, 0.3) is 0 Å². The number of nitrogens with two attached hydrogens (primary N) is 1. The number of furan rings is 1. The largest absolute Gasteiger partial charge is 0.448 e. The lowest BCUT2D eigenvalue weighted by atomic mass is 10.3. The summed E-state index contributed by atoms with van der Waals surface area (Å²) in [7, 11) is 0. The van der Waals surface area contributed by atoms with Gasteiger partial charge in [-0.15, -0.1) is 0 Å². The first-order valence-electron chi connectivity index (χ1n) is 5.50. The predicted molar refractivity (Wildman–Crippen MR) is 73.3 cm³/mol. The molecule has 2 heterocycles. The Kier molecular flexibility index (Phi) is 2.87. The van der Waals surface area contributed by atoms with Gasteiger partial charge in [0.15, 0.2) is 16.1 Å². The molecule has 19 heavy (non-hydrogen) atoms. The smallest absolute Gasteiger partial charge is 0.169 e. The Hall–Kier alpha value is -2.08. The Balaban J connectivity index is 2.04. The minimum atomic E-state index is -0.293. The summed E-state index contributed by atoms with van der Waals surface area (Å²) in [5, 5.41) is 4.35. The fourth-order valence-electron chi connectivity index (χ4n) is 1.75. The molecule has 0 aliphatic carbocycles. The van der Waals surface area contributed by atoms with Crippen molar-refractivity contribution in [3.05, 3.63) is 53.1 Å². The van der Waals surface area contributed by atoms with Crippen molar-refractivity contribution < 1.29 is 8.81 Å². The molecule has 2 aromatic heterocycles. The zero-order valence-electron chi connectivity index (χ0n) is 9.68. The van der Waals surface area contributed by atoms with Crippen LogP contribution in [-0.4, -0.2) is 9.78 Å². The van der Waals surface area contributed by atoms with Gasteiger partial charge in [-0.25, -0.2) is 9.07 Å². The van der Waals surface area contributed by atoms with E-state index in [2.05, 4.69) is 21.0 Å². The maximum atomic E-state index is 12.9. The van der Waals surface area contributed by atoms with E-state index in [0.717, 1.165) is 5.69 Å². The molecule has 0 fully saturated rings. The summed E-state index contributed by atoms with van der Waals surface area (Å²) in [6, 6.07) is 9.55. The number of benzene rings is 1. The Bertz CT molecular complexity index is 718. The summed E-state index contributed by atoms with van der Waals surface area (Å²) in [6.45, 7) is 0. The molecule has 0 saturated carbocycles. The van der Waals surface area contributed by atoms with Crippen molar-refractivity contribution in [1.29, 1.82) is 0 Å². The lowest BCUT2D eigenvalue weighted by molar-refractivity contribution is 0.553. The van der Waals surface area contributed by atoms with Gasteiger partial charge in [-0.2, -0.15) is 5.10 Å². The van der Waals surface area contributed by atoms with E-state index in [1.807, 2.05) is 0 Å². The second-order valence-electron chi connectivity index (χ2n) is 3.96. The van der Waals surface area contributed by atoms with Crippen LogP contribution < -0.4 is 5.73 Å². The summed E-state index contributed by atoms with van der Waals surface area (Å²) in [4.78, 5) is 0. The van der Waals surface area contributed by atoms with E-state index in [9.17, 15) is 4.39 Å². The van der Waals surface area contributed by atoms with Crippen LogP contribution in [0.3, 0.4) is 0 Å². The zero-order valence-corrected chi connectivity index (χ0v) is 11.3. The lowest BCUT2D eigenvalue weighted by Gasteiger charge is -1.99. The van der Waals surface area contributed by atoms with Crippen molar-refractivity contribution in [3.63, 3.8) is 0 Å². The standard InChI is InChI=1S/C13H9BrFN3O/c14-12-6-5-11(19-12)13-10(16)7-18(17-13)9-3-1-8(15)2-4-9/h1-7H,16H2. The number of anilines is 1. The highest BCUT2D eigenvalue weighted by Crippen LogP contribution is 2.28. The van der Waals surface area contributed by atoms with Crippen LogP contribution in [0, 0.1) is 5.82 Å². The van der Waals surface area contributed by atoms with Gasteiger partial charge in [0.2, 0.25) is 0 Å². The van der Waals surface area contributed by atoms with E-state index in [1.165, 1.54) is 12.1 Å². The number of aromatic nitrogens is 2. The van der Waals surface area contributed by atoms with Gasteiger partial charge in [0.05, 0.1) is 17.6 Å². The van der Waals surface area contributed by atoms with E-state index in [4.69, 9.17) is 10.2 Å². The number of hydrogen-bond donors (Lipinski definition) is 1. The van der Waals surface area contributed by atoms with Crippen LogP contribution >= 0.6 is 15.9 Å². The number of rotatable bonds is 2. The molecule has 0 atom stereocenters. The van der Waals surface area contributed by atoms with Gasteiger partial charge in [-0.3, -0.25) is 0 Å². The van der Waals surface area contributed by atoms with E-state index in [0.29, 0.717) is 21.8 Å². The van der Waals surface area contributed by atoms with Crippen molar-refractivity contribution in [2.45, 2.75) is 0 Å². The first-order chi connectivity index (χ1) is 9.13. The molecule has 4 nitrogen and oxygen atoms in total. The Morgan fingerprint density at radius 2 is 1.89 bits per heavy atom. The average Bonchev–Trinajstić information content (AvgIpc) is 2.96. The zero-order chi connectivity index (χ0) is 13.4. The van der Waals surface area contributed by atoms with Crippen LogP contribution in [0.4, 0.5) is 10.1 Å². The Labute approximate surface area is 116 Å². The van der Waals surface area contributed by atoms with E-state index in [1.54, 1.807) is 35.1 Å². The molecule has 0 radical (unpaired) electrons. The average molecular weight is 322 g/mol. The highest BCUT2D eigenvalue weighted by atomic mass is 79.9. The highest BCUT2D eigenvalue weighted by Gasteiger charge is 2.13. The third-order valence-corrected chi connectivity index (χ3v) is 3.07. The first-order valence-corrected chi connectivity index (χ1v) is 6.29. The number of halogens is 2. The molecule has 96 valence electrons. The van der Waals surface area contributed by atoms with Crippen LogP contribution in [0.15, 0.2) is 51.7 Å². The molecule has 0 spiro atoms. The fourth-order valence-corrected chi connectivity index (χ4v) is 2.05. The summed E-state index contributed by atoms with van der Waals surface area (Å²) in [6.07, 6.45) is 1.67. The maximum absolute atomic E-state index is 12.9. The Morgan fingerprint density at radius 3 is 2.53 bits per heavy atom. The summed E-state index contributed by atoms with van der Waals surface area (Å²) in [5.74, 6) is 0.282. The molecule has 0 unspecified atom stereocenters. The van der Waals surface area contributed by atoms with E-state index >= 15 is 0 Å². The molecule has 6 heteroatoms. The third-order valence-electron chi connectivity index (χ3n) is 2.64. The molecule has 2 N–H and O–H groups in total. The quantitative estimate of drug-likeness (QED) is 0.784. The second-order valence-corrected chi connectivity index (χ2v) is 4.74. The molecular weight excluding hydrogens is 313 g/mol. The highest BCUT2D eigenvalue weighted by molar-refractivity contribution is 9.10. The van der Waals surface area contributed by atoms with Crippen LogP contribution in [-0.2, 0) is 0 Å². The Morgan fingerprint density at radius 1 is 1.16 bits per heavy atom. The van der Waals surface area contributed by atoms with Crippen LogP contribution in [0.2, 0.25) is 0 Å². The van der Waals surface area contributed by atoms with E-state index < -0.39 is 0 Å². The second kappa shape index (κ2) is 4.55. The maximum Gasteiger partial charge on any atom is 0.169 e. The predicted octanol–water partition coefficient (Wildman–Crippen LogP) is 3.62. The third kappa shape index (κ3) is 2.26. The fraction of sp³-hybridized carbons (Fsp3) is 0. The molecule has 0 aliphatic heterocycles. The normalized spacial score (nSPS) is 10.8. The van der Waals surface area contributed by atoms with Crippen molar-refractivity contribution >= 4 is 21.6 Å².